The van der Waals surface area contributed by atoms with Crippen LogP contribution in [0.1, 0.15) is 39.0 Å². The van der Waals surface area contributed by atoms with Crippen molar-refractivity contribution in [3.05, 3.63) is 20.4 Å². The van der Waals surface area contributed by atoms with Gasteiger partial charge in [-0.05, 0) is 32.6 Å². The molecule has 1 aromatic rings. The van der Waals surface area contributed by atoms with Gasteiger partial charge in [0.05, 0.1) is 6.61 Å². The minimum Gasteiger partial charge on any atom is -0.488 e. The number of carboxylic acid groups (broad SMARTS) is 3. The van der Waals surface area contributed by atoms with Gasteiger partial charge >= 0.3 is 23.9 Å². The molecular formula is C18H25N3O10. The summed E-state index contributed by atoms with van der Waals surface area (Å²) < 4.78 is 5.06. The SMILES string of the molecule is CCOc1c(NCCCCC(NC(=O)NC(CCC(=O)O)C(=O)O)C(=O)O)c(=O)c1=O. The predicted molar refractivity (Wildman–Crippen MR) is 106 cm³/mol. The molecule has 0 aliphatic carbocycles. The summed E-state index contributed by atoms with van der Waals surface area (Å²) in [4.78, 5) is 67.7. The van der Waals surface area contributed by atoms with Crippen molar-refractivity contribution in [3.8, 4) is 5.75 Å². The van der Waals surface area contributed by atoms with Crippen LogP contribution in [-0.4, -0.2) is 64.5 Å². The molecule has 2 amide bonds. The van der Waals surface area contributed by atoms with Crippen molar-refractivity contribution in [2.24, 2.45) is 0 Å². The lowest BCUT2D eigenvalue weighted by Crippen LogP contribution is -2.51. The molecule has 1 aromatic carbocycles. The van der Waals surface area contributed by atoms with Gasteiger partial charge in [-0.2, -0.15) is 0 Å². The zero-order valence-corrected chi connectivity index (χ0v) is 16.8. The molecule has 31 heavy (non-hydrogen) atoms. The molecule has 0 aliphatic rings. The van der Waals surface area contributed by atoms with Crippen LogP contribution in [0.15, 0.2) is 9.59 Å². The van der Waals surface area contributed by atoms with E-state index in [0.29, 0.717) is 12.8 Å². The number of aliphatic carboxylic acids is 3. The smallest absolute Gasteiger partial charge is 0.326 e. The second-order valence-electron chi connectivity index (χ2n) is 6.55. The van der Waals surface area contributed by atoms with E-state index in [9.17, 15) is 33.9 Å². The summed E-state index contributed by atoms with van der Waals surface area (Å²) in [7, 11) is 0. The number of carboxylic acids is 3. The number of nitrogens with one attached hydrogen (secondary N) is 3. The second-order valence-corrected chi connectivity index (χ2v) is 6.55. The van der Waals surface area contributed by atoms with E-state index in [0.717, 1.165) is 0 Å². The third kappa shape index (κ3) is 7.95. The van der Waals surface area contributed by atoms with E-state index >= 15 is 0 Å². The standard InChI is InChI=1S/C18H25N3O10/c1-2-31-15-12(13(24)14(15)25)19-8-4-3-5-9(16(26)27)20-18(30)21-10(17(28)29)6-7-11(22)23/h9-10,19H,2-8H2,1H3,(H,22,23)(H,26,27)(H,28,29)(H2,20,21,30). The van der Waals surface area contributed by atoms with Gasteiger partial charge in [-0.25, -0.2) is 14.4 Å². The Morgan fingerprint density at radius 3 is 2.00 bits per heavy atom. The first kappa shape index (κ1) is 25.4. The van der Waals surface area contributed by atoms with Crippen LogP contribution in [-0.2, 0) is 14.4 Å². The van der Waals surface area contributed by atoms with E-state index in [1.54, 1.807) is 6.92 Å². The lowest BCUT2D eigenvalue weighted by Gasteiger charge is -2.18. The van der Waals surface area contributed by atoms with Crippen LogP contribution in [0, 0.1) is 0 Å². The number of urea groups is 1. The highest BCUT2D eigenvalue weighted by Gasteiger charge is 2.25. The van der Waals surface area contributed by atoms with Crippen LogP contribution >= 0.6 is 0 Å². The van der Waals surface area contributed by atoms with Crippen molar-refractivity contribution in [2.45, 2.75) is 51.1 Å². The van der Waals surface area contributed by atoms with Gasteiger partial charge in [-0.3, -0.25) is 14.4 Å². The quantitative estimate of drug-likeness (QED) is 0.148. The van der Waals surface area contributed by atoms with Gasteiger partial charge in [0.1, 0.15) is 17.8 Å². The molecule has 13 heteroatoms. The van der Waals surface area contributed by atoms with Crippen LogP contribution in [0.3, 0.4) is 0 Å². The van der Waals surface area contributed by atoms with E-state index < -0.39 is 53.3 Å². The summed E-state index contributed by atoms with van der Waals surface area (Å²) >= 11 is 0. The Morgan fingerprint density at radius 1 is 0.903 bits per heavy atom. The third-order valence-corrected chi connectivity index (χ3v) is 4.23. The first-order valence-electron chi connectivity index (χ1n) is 9.52. The summed E-state index contributed by atoms with van der Waals surface area (Å²) in [5, 5.41) is 33.8. The lowest BCUT2D eigenvalue weighted by molar-refractivity contribution is -0.140. The summed E-state index contributed by atoms with van der Waals surface area (Å²) in [5.41, 5.74) is -1.30. The maximum atomic E-state index is 11.9. The minimum absolute atomic E-state index is 0.0154. The first-order chi connectivity index (χ1) is 14.6. The van der Waals surface area contributed by atoms with E-state index in [1.165, 1.54) is 0 Å². The number of unbranched alkanes of at least 4 members (excludes halogenated alkanes) is 1. The molecule has 0 bridgehead atoms. The fourth-order valence-electron chi connectivity index (χ4n) is 2.64. The molecule has 2 unspecified atom stereocenters. The fourth-order valence-corrected chi connectivity index (χ4v) is 2.64. The Morgan fingerprint density at radius 2 is 1.48 bits per heavy atom. The number of hydrogen-bond donors (Lipinski definition) is 6. The molecule has 0 heterocycles. The Bertz CT molecular complexity index is 874. The number of ether oxygens (including phenoxy) is 1. The topological polar surface area (TPSA) is 208 Å². The average molecular weight is 443 g/mol. The number of amides is 2. The summed E-state index contributed by atoms with van der Waals surface area (Å²) in [6.45, 7) is 2.16. The van der Waals surface area contributed by atoms with Gasteiger partial charge in [-0.15, -0.1) is 0 Å². The van der Waals surface area contributed by atoms with Crippen molar-refractivity contribution >= 4 is 29.6 Å². The monoisotopic (exact) mass is 443 g/mol. The zero-order chi connectivity index (χ0) is 23.6. The Kier molecular flexibility index (Phi) is 9.95. The molecule has 0 saturated carbocycles. The lowest BCUT2D eigenvalue weighted by atomic mass is 10.1. The molecule has 0 radical (unpaired) electrons. The highest BCUT2D eigenvalue weighted by molar-refractivity contribution is 5.86. The molecule has 13 nitrogen and oxygen atoms in total. The van der Waals surface area contributed by atoms with Crippen LogP contribution in [0.4, 0.5) is 10.5 Å². The van der Waals surface area contributed by atoms with Crippen molar-refractivity contribution in [1.82, 2.24) is 10.6 Å². The number of carbonyl (C=O) groups is 4. The summed E-state index contributed by atoms with van der Waals surface area (Å²) in [6, 6.07) is -3.84. The molecule has 172 valence electrons. The van der Waals surface area contributed by atoms with Crippen molar-refractivity contribution in [2.75, 3.05) is 18.5 Å². The number of rotatable bonds is 15. The fraction of sp³-hybridized carbons (Fsp3) is 0.556. The molecule has 0 aliphatic heterocycles. The molecule has 0 spiro atoms. The normalized spacial score (nSPS) is 12.5. The van der Waals surface area contributed by atoms with Crippen LogP contribution in [0.25, 0.3) is 0 Å². The Hall–Kier alpha value is -3.64. The molecule has 0 saturated heterocycles. The van der Waals surface area contributed by atoms with E-state index in [4.69, 9.17) is 14.9 Å². The van der Waals surface area contributed by atoms with Crippen molar-refractivity contribution in [3.63, 3.8) is 0 Å². The van der Waals surface area contributed by atoms with Gasteiger partial charge < -0.3 is 36.0 Å². The maximum absolute atomic E-state index is 11.9. The highest BCUT2D eigenvalue weighted by atomic mass is 16.5. The molecule has 0 fully saturated rings. The van der Waals surface area contributed by atoms with Crippen LogP contribution in [0.5, 0.6) is 5.75 Å². The Balaban J connectivity index is 2.46. The van der Waals surface area contributed by atoms with Crippen LogP contribution in [0.2, 0.25) is 0 Å². The largest absolute Gasteiger partial charge is 0.488 e. The number of carbonyl (C=O) groups excluding carboxylic acids is 1. The van der Waals surface area contributed by atoms with Crippen LogP contribution < -0.4 is 31.5 Å². The maximum Gasteiger partial charge on any atom is 0.326 e. The molecular weight excluding hydrogens is 418 g/mol. The average Bonchev–Trinajstić information content (AvgIpc) is 2.70. The van der Waals surface area contributed by atoms with Gasteiger partial charge in [0, 0.05) is 13.0 Å². The number of anilines is 1. The van der Waals surface area contributed by atoms with Gasteiger partial charge in [-0.1, -0.05) is 0 Å². The number of hydrogen-bond acceptors (Lipinski definition) is 8. The summed E-state index contributed by atoms with van der Waals surface area (Å²) in [5.74, 6) is -4.03. The van der Waals surface area contributed by atoms with Crippen molar-refractivity contribution in [1.29, 1.82) is 0 Å². The van der Waals surface area contributed by atoms with Gasteiger partial charge in [0.2, 0.25) is 0 Å². The zero-order valence-electron chi connectivity index (χ0n) is 16.8. The van der Waals surface area contributed by atoms with E-state index in [-0.39, 0.29) is 37.4 Å². The van der Waals surface area contributed by atoms with Gasteiger partial charge in [0.25, 0.3) is 10.9 Å². The van der Waals surface area contributed by atoms with E-state index in [1.807, 2.05) is 5.32 Å². The molecule has 1 rings (SSSR count). The second kappa shape index (κ2) is 12.1. The Labute approximate surface area is 176 Å². The summed E-state index contributed by atoms with van der Waals surface area (Å²) in [6.07, 6.45) is -0.0924. The third-order valence-electron chi connectivity index (χ3n) is 4.23. The highest BCUT2D eigenvalue weighted by Crippen LogP contribution is 2.17. The minimum atomic E-state index is -1.48. The molecule has 2 atom stereocenters. The van der Waals surface area contributed by atoms with Gasteiger partial charge in [0.15, 0.2) is 5.75 Å². The predicted octanol–water partition coefficient (Wildman–Crippen LogP) is -0.666. The first-order valence-corrected chi connectivity index (χ1v) is 9.52. The van der Waals surface area contributed by atoms with E-state index in [2.05, 4.69) is 10.6 Å². The molecule has 0 aromatic heterocycles. The molecule has 6 N–H and O–H groups in total. The van der Waals surface area contributed by atoms with Crippen molar-refractivity contribution < 1.29 is 39.2 Å².